The molecule has 1 aliphatic carbocycles. The highest BCUT2D eigenvalue weighted by atomic mass is 16.2. The number of carbonyl (C=O) groups excluding carboxylic acids is 2. The first-order valence-corrected chi connectivity index (χ1v) is 7.79. The van der Waals surface area contributed by atoms with Crippen LogP contribution in [0.25, 0.3) is 0 Å². The number of aryl methyl sites for hydroxylation is 1. The first kappa shape index (κ1) is 16.5. The van der Waals surface area contributed by atoms with Crippen LogP contribution in [-0.2, 0) is 16.1 Å². The number of likely N-dealkylation sites (N-methyl/N-ethyl adjacent to an activating group) is 1. The van der Waals surface area contributed by atoms with Crippen LogP contribution in [0, 0.1) is 6.92 Å². The van der Waals surface area contributed by atoms with Crippen molar-refractivity contribution in [2.75, 3.05) is 13.6 Å². The lowest BCUT2D eigenvalue weighted by Gasteiger charge is -2.23. The van der Waals surface area contributed by atoms with E-state index in [-0.39, 0.29) is 24.4 Å². The summed E-state index contributed by atoms with van der Waals surface area (Å²) in [6.07, 6.45) is 2.14. The molecule has 0 saturated heterocycles. The van der Waals surface area contributed by atoms with Crippen molar-refractivity contribution < 1.29 is 9.59 Å². The highest BCUT2D eigenvalue weighted by Gasteiger charge is 2.25. The van der Waals surface area contributed by atoms with E-state index in [1.165, 1.54) is 0 Å². The lowest BCUT2D eigenvalue weighted by atomic mass is 10.1. The van der Waals surface area contributed by atoms with Crippen molar-refractivity contribution >= 4 is 11.8 Å². The monoisotopic (exact) mass is 303 g/mol. The third-order valence-corrected chi connectivity index (χ3v) is 4.09. The van der Waals surface area contributed by atoms with E-state index in [1.54, 1.807) is 11.9 Å². The molecule has 1 fully saturated rings. The number of carbonyl (C=O) groups is 2. The molecule has 0 spiro atoms. The van der Waals surface area contributed by atoms with E-state index >= 15 is 0 Å². The van der Waals surface area contributed by atoms with Gasteiger partial charge in [-0.1, -0.05) is 24.3 Å². The lowest BCUT2D eigenvalue weighted by Crippen LogP contribution is -2.47. The van der Waals surface area contributed by atoms with Crippen molar-refractivity contribution in [2.24, 2.45) is 0 Å². The van der Waals surface area contributed by atoms with Gasteiger partial charge in [-0.3, -0.25) is 14.5 Å². The van der Waals surface area contributed by atoms with Crippen LogP contribution >= 0.6 is 0 Å². The Hall–Kier alpha value is -1.88. The predicted octanol–water partition coefficient (Wildman–Crippen LogP) is 1.21. The summed E-state index contributed by atoms with van der Waals surface area (Å²) in [7, 11) is 1.80. The third-order valence-electron chi connectivity index (χ3n) is 4.09. The average molecular weight is 303 g/mol. The molecule has 0 aliphatic heterocycles. The molecule has 2 N–H and O–H groups in total. The van der Waals surface area contributed by atoms with Crippen LogP contribution in [-0.4, -0.2) is 42.4 Å². The fourth-order valence-electron chi connectivity index (χ4n) is 2.20. The average Bonchev–Trinajstić information content (AvgIpc) is 3.28. The van der Waals surface area contributed by atoms with Gasteiger partial charge in [0.25, 0.3) is 0 Å². The van der Waals surface area contributed by atoms with Gasteiger partial charge in [0, 0.05) is 12.6 Å². The van der Waals surface area contributed by atoms with E-state index < -0.39 is 0 Å². The summed E-state index contributed by atoms with van der Waals surface area (Å²) < 4.78 is 0. The maximum absolute atomic E-state index is 12.2. The van der Waals surface area contributed by atoms with Crippen LogP contribution in [0.15, 0.2) is 24.3 Å². The number of nitrogens with zero attached hydrogens (tertiary/aromatic N) is 1. The smallest absolute Gasteiger partial charge is 0.237 e. The molecule has 22 heavy (non-hydrogen) atoms. The molecule has 0 aromatic heterocycles. The summed E-state index contributed by atoms with van der Waals surface area (Å²) >= 11 is 0. The van der Waals surface area contributed by atoms with Crippen LogP contribution in [0.5, 0.6) is 0 Å². The minimum Gasteiger partial charge on any atom is -0.352 e. The quantitative estimate of drug-likeness (QED) is 0.796. The fourth-order valence-corrected chi connectivity index (χ4v) is 2.20. The molecule has 1 unspecified atom stereocenters. The zero-order chi connectivity index (χ0) is 16.1. The van der Waals surface area contributed by atoms with Crippen LogP contribution in [0.3, 0.4) is 0 Å². The van der Waals surface area contributed by atoms with Gasteiger partial charge in [-0.05, 0) is 44.9 Å². The van der Waals surface area contributed by atoms with Gasteiger partial charge in [0.2, 0.25) is 11.8 Å². The Balaban J connectivity index is 1.77. The molecule has 1 aromatic carbocycles. The minimum absolute atomic E-state index is 0.0106. The van der Waals surface area contributed by atoms with Gasteiger partial charge in [0.15, 0.2) is 0 Å². The molecule has 120 valence electrons. The fraction of sp³-hybridized carbons (Fsp3) is 0.529. The van der Waals surface area contributed by atoms with E-state index in [0.717, 1.165) is 24.0 Å². The maximum atomic E-state index is 12.2. The van der Waals surface area contributed by atoms with Crippen molar-refractivity contribution in [2.45, 2.75) is 45.3 Å². The minimum atomic E-state index is -0.339. The van der Waals surface area contributed by atoms with Crippen molar-refractivity contribution in [3.8, 4) is 0 Å². The Kier molecular flexibility index (Phi) is 5.55. The highest BCUT2D eigenvalue weighted by Crippen LogP contribution is 2.18. The van der Waals surface area contributed by atoms with Crippen molar-refractivity contribution in [3.05, 3.63) is 35.4 Å². The zero-order valence-electron chi connectivity index (χ0n) is 13.6. The van der Waals surface area contributed by atoms with Crippen molar-refractivity contribution in [1.29, 1.82) is 0 Å². The van der Waals surface area contributed by atoms with Gasteiger partial charge < -0.3 is 10.6 Å². The molecule has 2 amide bonds. The normalized spacial score (nSPS) is 15.5. The second kappa shape index (κ2) is 7.40. The van der Waals surface area contributed by atoms with E-state index in [9.17, 15) is 9.59 Å². The Morgan fingerprint density at radius 1 is 1.32 bits per heavy atom. The Morgan fingerprint density at radius 3 is 2.64 bits per heavy atom. The second-order valence-corrected chi connectivity index (χ2v) is 6.08. The summed E-state index contributed by atoms with van der Waals surface area (Å²) in [6.45, 7) is 4.60. The first-order valence-electron chi connectivity index (χ1n) is 7.79. The predicted molar refractivity (Wildman–Crippen MR) is 86.3 cm³/mol. The van der Waals surface area contributed by atoms with E-state index in [4.69, 9.17) is 0 Å². The summed E-state index contributed by atoms with van der Waals surface area (Å²) in [5.41, 5.74) is 2.27. The Bertz CT molecular complexity index is 540. The summed E-state index contributed by atoms with van der Waals surface area (Å²) in [5.74, 6) is -0.0754. The molecule has 5 heteroatoms. The van der Waals surface area contributed by atoms with Crippen LogP contribution in [0.2, 0.25) is 0 Å². The number of benzene rings is 1. The van der Waals surface area contributed by atoms with Crippen molar-refractivity contribution in [1.82, 2.24) is 15.5 Å². The molecule has 0 radical (unpaired) electrons. The molecule has 0 heterocycles. The number of hydrogen-bond donors (Lipinski definition) is 2. The molecule has 1 saturated carbocycles. The topological polar surface area (TPSA) is 61.4 Å². The Morgan fingerprint density at radius 2 is 2.00 bits per heavy atom. The van der Waals surface area contributed by atoms with Gasteiger partial charge in [-0.2, -0.15) is 0 Å². The highest BCUT2D eigenvalue weighted by molar-refractivity contribution is 5.83. The Labute approximate surface area is 132 Å². The SMILES string of the molecule is Cc1ccccc1CNC(=O)C(C)N(C)CC(=O)NC1CC1. The van der Waals surface area contributed by atoms with E-state index in [0.29, 0.717) is 12.6 Å². The van der Waals surface area contributed by atoms with Crippen LogP contribution in [0.4, 0.5) is 0 Å². The van der Waals surface area contributed by atoms with Gasteiger partial charge in [-0.15, -0.1) is 0 Å². The molecule has 2 rings (SSSR count). The second-order valence-electron chi connectivity index (χ2n) is 6.08. The largest absolute Gasteiger partial charge is 0.352 e. The zero-order valence-corrected chi connectivity index (χ0v) is 13.6. The van der Waals surface area contributed by atoms with Crippen LogP contribution in [0.1, 0.15) is 30.9 Å². The standard InChI is InChI=1S/C17H25N3O2/c1-12-6-4-5-7-14(12)10-18-17(22)13(2)20(3)11-16(21)19-15-8-9-15/h4-7,13,15H,8-11H2,1-3H3,(H,18,22)(H,19,21). The molecule has 1 aliphatic rings. The van der Waals surface area contributed by atoms with Crippen LogP contribution < -0.4 is 10.6 Å². The van der Waals surface area contributed by atoms with Gasteiger partial charge >= 0.3 is 0 Å². The van der Waals surface area contributed by atoms with Gasteiger partial charge in [0.1, 0.15) is 0 Å². The van der Waals surface area contributed by atoms with E-state index in [2.05, 4.69) is 10.6 Å². The molecule has 0 bridgehead atoms. The lowest BCUT2D eigenvalue weighted by molar-refractivity contribution is -0.127. The van der Waals surface area contributed by atoms with Crippen molar-refractivity contribution in [3.63, 3.8) is 0 Å². The maximum Gasteiger partial charge on any atom is 0.237 e. The summed E-state index contributed by atoms with van der Waals surface area (Å²) in [5, 5.41) is 5.87. The summed E-state index contributed by atoms with van der Waals surface area (Å²) in [6, 6.07) is 7.99. The number of hydrogen-bond acceptors (Lipinski definition) is 3. The first-order chi connectivity index (χ1) is 10.5. The molecule has 1 aromatic rings. The number of amides is 2. The van der Waals surface area contributed by atoms with Gasteiger partial charge in [-0.25, -0.2) is 0 Å². The molecular weight excluding hydrogens is 278 g/mol. The van der Waals surface area contributed by atoms with Gasteiger partial charge in [0.05, 0.1) is 12.6 Å². The summed E-state index contributed by atoms with van der Waals surface area (Å²) in [4.78, 5) is 25.7. The molecule has 1 atom stereocenters. The third kappa shape index (κ3) is 4.84. The molecular formula is C17H25N3O2. The number of rotatable bonds is 7. The number of nitrogens with one attached hydrogen (secondary N) is 2. The molecule has 5 nitrogen and oxygen atoms in total. The van der Waals surface area contributed by atoms with E-state index in [1.807, 2.05) is 38.1 Å².